The molecular weight excluding hydrogens is 391 g/mol. The molecule has 1 amide bonds. The summed E-state index contributed by atoms with van der Waals surface area (Å²) < 4.78 is 13.4. The van der Waals surface area contributed by atoms with Crippen LogP contribution in [0, 0.1) is 12.7 Å². The van der Waals surface area contributed by atoms with Crippen molar-refractivity contribution in [3.63, 3.8) is 0 Å². The lowest BCUT2D eigenvalue weighted by molar-refractivity contribution is -0.133. The Bertz CT molecular complexity index is 937. The summed E-state index contributed by atoms with van der Waals surface area (Å²) in [6, 6.07) is 9.65. The van der Waals surface area contributed by atoms with Crippen LogP contribution >= 0.6 is 11.6 Å². The zero-order valence-electron chi connectivity index (χ0n) is 16.4. The van der Waals surface area contributed by atoms with Crippen molar-refractivity contribution < 1.29 is 9.18 Å². The van der Waals surface area contributed by atoms with Gasteiger partial charge < -0.3 is 9.80 Å². The highest BCUT2D eigenvalue weighted by Crippen LogP contribution is 2.37. The summed E-state index contributed by atoms with van der Waals surface area (Å²) in [4.78, 5) is 24.3. The molecule has 1 aromatic heterocycles. The number of rotatable bonds is 4. The number of carbonyl (C=O) groups excluding carboxylic acids is 1. The zero-order valence-corrected chi connectivity index (χ0v) is 17.1. The van der Waals surface area contributed by atoms with E-state index in [9.17, 15) is 9.18 Å². The molecule has 3 atom stereocenters. The first-order chi connectivity index (χ1) is 14.0. The van der Waals surface area contributed by atoms with Gasteiger partial charge >= 0.3 is 0 Å². The van der Waals surface area contributed by atoms with E-state index < -0.39 is 5.82 Å². The standard InChI is InChI=1S/C22H24ClFN4O/c1-14-2-5-21(25-10-14)28-13-16-9-17(28)12-27(16)20-6-7-26(22(20)29)11-15-3-4-19(24)18(23)8-15/h2-5,8,10,16-17,20H,6-7,9,11-13H2,1H3/t16-,17-,20?/m0/s1. The topological polar surface area (TPSA) is 39.7 Å². The number of aromatic nitrogens is 1. The summed E-state index contributed by atoms with van der Waals surface area (Å²) in [7, 11) is 0. The SMILES string of the molecule is Cc1ccc(N2C[C@@H]3C[C@H]2CN3C2CCN(Cc3ccc(F)c(Cl)c3)C2=O)nc1. The first-order valence-electron chi connectivity index (χ1n) is 10.2. The van der Waals surface area contributed by atoms with Gasteiger partial charge in [-0.05, 0) is 49.1 Å². The lowest BCUT2D eigenvalue weighted by Crippen LogP contribution is -2.52. The zero-order chi connectivity index (χ0) is 20.1. The Kier molecular flexibility index (Phi) is 4.71. The number of amides is 1. The molecule has 3 aliphatic heterocycles. The van der Waals surface area contributed by atoms with E-state index in [1.807, 2.05) is 18.0 Å². The lowest BCUT2D eigenvalue weighted by atomic mass is 10.1. The van der Waals surface area contributed by atoms with Gasteiger partial charge in [0.25, 0.3) is 0 Å². The number of nitrogens with zero attached hydrogens (tertiary/aromatic N) is 4. The third kappa shape index (κ3) is 3.38. The van der Waals surface area contributed by atoms with Gasteiger partial charge in [0.1, 0.15) is 11.6 Å². The molecule has 5 rings (SSSR count). The van der Waals surface area contributed by atoms with Crippen LogP contribution in [0.15, 0.2) is 36.5 Å². The summed E-state index contributed by atoms with van der Waals surface area (Å²) in [6.45, 7) is 5.10. The van der Waals surface area contributed by atoms with Crippen LogP contribution in [0.25, 0.3) is 0 Å². The molecule has 0 aliphatic carbocycles. The third-order valence-corrected chi connectivity index (χ3v) is 6.79. The molecule has 29 heavy (non-hydrogen) atoms. The molecule has 0 spiro atoms. The maximum absolute atomic E-state index is 13.4. The Morgan fingerprint density at radius 2 is 2.07 bits per heavy atom. The molecule has 2 bridgehead atoms. The lowest BCUT2D eigenvalue weighted by Gasteiger charge is -2.37. The fourth-order valence-electron chi connectivity index (χ4n) is 5.04. The minimum Gasteiger partial charge on any atom is -0.351 e. The summed E-state index contributed by atoms with van der Waals surface area (Å²) in [5, 5.41) is 0.104. The van der Waals surface area contributed by atoms with Gasteiger partial charge in [0.15, 0.2) is 0 Å². The molecular formula is C22H24ClFN4O. The second kappa shape index (κ2) is 7.26. The Hall–Kier alpha value is -2.18. The van der Waals surface area contributed by atoms with Crippen LogP contribution in [-0.4, -0.2) is 58.5 Å². The molecule has 2 aromatic rings. The highest BCUT2D eigenvalue weighted by Gasteiger charge is 2.49. The van der Waals surface area contributed by atoms with Crippen molar-refractivity contribution in [2.24, 2.45) is 0 Å². The van der Waals surface area contributed by atoms with Crippen LogP contribution in [0.1, 0.15) is 24.0 Å². The number of benzene rings is 1. The van der Waals surface area contributed by atoms with Crippen molar-refractivity contribution >= 4 is 23.3 Å². The van der Waals surface area contributed by atoms with E-state index in [-0.39, 0.29) is 17.0 Å². The number of aryl methyl sites for hydroxylation is 1. The Balaban J connectivity index is 1.23. The summed E-state index contributed by atoms with van der Waals surface area (Å²) in [6.07, 6.45) is 3.85. The van der Waals surface area contributed by atoms with Crippen LogP contribution in [0.4, 0.5) is 10.2 Å². The molecule has 5 nitrogen and oxygen atoms in total. The van der Waals surface area contributed by atoms with Crippen LogP contribution in [0.3, 0.4) is 0 Å². The maximum Gasteiger partial charge on any atom is 0.240 e. The average Bonchev–Trinajstić information content (AvgIpc) is 3.40. The Morgan fingerprint density at radius 3 is 2.76 bits per heavy atom. The molecule has 3 saturated heterocycles. The number of fused-ring (bicyclic) bond motifs is 2. The Labute approximate surface area is 175 Å². The highest BCUT2D eigenvalue weighted by atomic mass is 35.5. The number of likely N-dealkylation sites (tertiary alicyclic amines) is 2. The van der Waals surface area contributed by atoms with E-state index in [2.05, 4.69) is 26.9 Å². The smallest absolute Gasteiger partial charge is 0.240 e. The first-order valence-corrected chi connectivity index (χ1v) is 10.5. The second-order valence-corrected chi connectivity index (χ2v) is 8.81. The number of halogens is 2. The molecule has 3 fully saturated rings. The highest BCUT2D eigenvalue weighted by molar-refractivity contribution is 6.30. The number of hydrogen-bond acceptors (Lipinski definition) is 4. The molecule has 0 saturated carbocycles. The number of hydrogen-bond donors (Lipinski definition) is 0. The van der Waals surface area contributed by atoms with E-state index in [0.717, 1.165) is 43.9 Å². The van der Waals surface area contributed by atoms with Crippen LogP contribution in [0.2, 0.25) is 5.02 Å². The van der Waals surface area contributed by atoms with Gasteiger partial charge in [-0.25, -0.2) is 9.37 Å². The van der Waals surface area contributed by atoms with Crippen LogP contribution in [-0.2, 0) is 11.3 Å². The fourth-order valence-corrected chi connectivity index (χ4v) is 5.24. The van der Waals surface area contributed by atoms with Gasteiger partial charge in [0.2, 0.25) is 5.91 Å². The molecule has 0 radical (unpaired) electrons. The predicted molar refractivity (Wildman–Crippen MR) is 110 cm³/mol. The largest absolute Gasteiger partial charge is 0.351 e. The second-order valence-electron chi connectivity index (χ2n) is 8.40. The molecule has 0 N–H and O–H groups in total. The molecule has 1 unspecified atom stereocenters. The van der Waals surface area contributed by atoms with Gasteiger partial charge in [0.05, 0.1) is 11.1 Å². The first kappa shape index (κ1) is 18.8. The van der Waals surface area contributed by atoms with Gasteiger partial charge in [-0.2, -0.15) is 0 Å². The van der Waals surface area contributed by atoms with E-state index in [0.29, 0.717) is 18.6 Å². The van der Waals surface area contributed by atoms with Gasteiger partial charge in [-0.15, -0.1) is 0 Å². The van der Waals surface area contributed by atoms with E-state index in [1.165, 1.54) is 11.6 Å². The monoisotopic (exact) mass is 414 g/mol. The van der Waals surface area contributed by atoms with Crippen molar-refractivity contribution in [3.8, 4) is 0 Å². The van der Waals surface area contributed by atoms with Gasteiger partial charge in [-0.3, -0.25) is 9.69 Å². The summed E-state index contributed by atoms with van der Waals surface area (Å²) >= 11 is 5.89. The van der Waals surface area contributed by atoms with Crippen molar-refractivity contribution in [2.75, 3.05) is 24.5 Å². The third-order valence-electron chi connectivity index (χ3n) is 6.50. The molecule has 7 heteroatoms. The minimum absolute atomic E-state index is 0.0472. The number of carbonyl (C=O) groups is 1. The van der Waals surface area contributed by atoms with Crippen LogP contribution < -0.4 is 4.90 Å². The number of pyridine rings is 1. The molecule has 152 valence electrons. The van der Waals surface area contributed by atoms with Crippen molar-refractivity contribution in [3.05, 3.63) is 58.5 Å². The van der Waals surface area contributed by atoms with Crippen molar-refractivity contribution in [2.45, 2.75) is 44.4 Å². The fraction of sp³-hybridized carbons (Fsp3) is 0.455. The molecule has 3 aliphatic rings. The summed E-state index contributed by atoms with van der Waals surface area (Å²) in [5.74, 6) is 0.787. The quantitative estimate of drug-likeness (QED) is 0.770. The van der Waals surface area contributed by atoms with Gasteiger partial charge in [0, 0.05) is 44.5 Å². The Morgan fingerprint density at radius 1 is 1.21 bits per heavy atom. The maximum atomic E-state index is 13.4. The van der Waals surface area contributed by atoms with E-state index in [1.54, 1.807) is 12.1 Å². The molecule has 1 aromatic carbocycles. The number of piperazine rings is 1. The molecule has 4 heterocycles. The van der Waals surface area contributed by atoms with E-state index >= 15 is 0 Å². The average molecular weight is 415 g/mol. The number of anilines is 1. The normalized spacial score (nSPS) is 26.7. The van der Waals surface area contributed by atoms with Crippen molar-refractivity contribution in [1.82, 2.24) is 14.8 Å². The van der Waals surface area contributed by atoms with Gasteiger partial charge in [-0.1, -0.05) is 23.7 Å². The summed E-state index contributed by atoms with van der Waals surface area (Å²) in [5.41, 5.74) is 2.03. The van der Waals surface area contributed by atoms with E-state index in [4.69, 9.17) is 11.6 Å². The minimum atomic E-state index is -0.429. The van der Waals surface area contributed by atoms with Crippen LogP contribution in [0.5, 0.6) is 0 Å². The predicted octanol–water partition coefficient (Wildman–Crippen LogP) is 3.25. The van der Waals surface area contributed by atoms with Crippen molar-refractivity contribution in [1.29, 1.82) is 0 Å².